The average molecular weight is 339 g/mol. The van der Waals surface area contributed by atoms with Crippen molar-refractivity contribution in [3.8, 4) is 0 Å². The molecule has 1 aromatic heterocycles. The molecule has 2 rings (SSSR count). The number of thiazole rings is 1. The Kier molecular flexibility index (Phi) is 4.71. The molecular formula is C14H15BrN2OS. The van der Waals surface area contributed by atoms with E-state index in [0.717, 1.165) is 10.0 Å². The van der Waals surface area contributed by atoms with Crippen LogP contribution in [0.15, 0.2) is 34.9 Å². The lowest BCUT2D eigenvalue weighted by atomic mass is 10.1. The molecule has 5 heteroatoms. The molecule has 0 unspecified atom stereocenters. The monoisotopic (exact) mass is 338 g/mol. The molecule has 0 aliphatic carbocycles. The number of aromatic nitrogens is 1. The Labute approximate surface area is 125 Å². The zero-order chi connectivity index (χ0) is 13.8. The molecule has 0 fully saturated rings. The van der Waals surface area contributed by atoms with Gasteiger partial charge in [0.1, 0.15) is 0 Å². The summed E-state index contributed by atoms with van der Waals surface area (Å²) >= 11 is 4.93. The summed E-state index contributed by atoms with van der Waals surface area (Å²) in [6, 6.07) is 7.75. The Morgan fingerprint density at radius 1 is 1.47 bits per heavy atom. The fourth-order valence-corrected chi connectivity index (χ4v) is 2.89. The minimum atomic E-state index is -0.0391. The van der Waals surface area contributed by atoms with Gasteiger partial charge in [0, 0.05) is 15.5 Å². The molecule has 0 bridgehead atoms. The summed E-state index contributed by atoms with van der Waals surface area (Å²) in [5.41, 5.74) is 0.979. The van der Waals surface area contributed by atoms with Gasteiger partial charge in [-0.1, -0.05) is 41.9 Å². The third-order valence-electron chi connectivity index (χ3n) is 2.59. The SMILES string of the molecule is CC(C)c1cnc(NC(=O)Cc2cccc(Br)c2)s1. The summed E-state index contributed by atoms with van der Waals surface area (Å²) in [5.74, 6) is 0.399. The molecule has 0 saturated carbocycles. The lowest BCUT2D eigenvalue weighted by Crippen LogP contribution is -2.14. The Balaban J connectivity index is 1.97. The van der Waals surface area contributed by atoms with Gasteiger partial charge in [-0.05, 0) is 23.6 Å². The highest BCUT2D eigenvalue weighted by molar-refractivity contribution is 9.10. The summed E-state index contributed by atoms with van der Waals surface area (Å²) < 4.78 is 0.981. The van der Waals surface area contributed by atoms with Gasteiger partial charge < -0.3 is 5.32 Å². The Hall–Kier alpha value is -1.20. The maximum absolute atomic E-state index is 11.9. The van der Waals surface area contributed by atoms with Crippen molar-refractivity contribution in [3.63, 3.8) is 0 Å². The van der Waals surface area contributed by atoms with Crippen LogP contribution < -0.4 is 5.32 Å². The molecule has 0 atom stereocenters. The van der Waals surface area contributed by atoms with Crippen molar-refractivity contribution in [1.82, 2.24) is 4.98 Å². The molecule has 100 valence electrons. The molecular weight excluding hydrogens is 324 g/mol. The van der Waals surface area contributed by atoms with Gasteiger partial charge in [0.15, 0.2) is 5.13 Å². The fourth-order valence-electron chi connectivity index (χ4n) is 1.61. The molecule has 19 heavy (non-hydrogen) atoms. The summed E-state index contributed by atoms with van der Waals surface area (Å²) in [4.78, 5) is 17.3. The van der Waals surface area contributed by atoms with Crippen LogP contribution in [0, 0.1) is 0 Å². The molecule has 0 spiro atoms. The van der Waals surface area contributed by atoms with Gasteiger partial charge in [-0.15, -0.1) is 11.3 Å². The van der Waals surface area contributed by atoms with Crippen molar-refractivity contribution in [1.29, 1.82) is 0 Å². The molecule has 1 N–H and O–H groups in total. The van der Waals surface area contributed by atoms with Gasteiger partial charge in [-0.25, -0.2) is 4.98 Å². The van der Waals surface area contributed by atoms with Crippen molar-refractivity contribution in [3.05, 3.63) is 45.4 Å². The molecule has 1 amide bonds. The minimum absolute atomic E-state index is 0.0391. The first kappa shape index (κ1) is 14.2. The highest BCUT2D eigenvalue weighted by atomic mass is 79.9. The summed E-state index contributed by atoms with van der Waals surface area (Å²) in [6.45, 7) is 4.22. The van der Waals surface area contributed by atoms with Crippen molar-refractivity contribution in [2.24, 2.45) is 0 Å². The predicted octanol–water partition coefficient (Wildman–Crippen LogP) is 4.21. The van der Waals surface area contributed by atoms with E-state index in [1.165, 1.54) is 16.2 Å². The smallest absolute Gasteiger partial charge is 0.230 e. The summed E-state index contributed by atoms with van der Waals surface area (Å²) in [6.07, 6.45) is 2.18. The fraction of sp³-hybridized carbons (Fsp3) is 0.286. The van der Waals surface area contributed by atoms with Gasteiger partial charge in [0.2, 0.25) is 5.91 Å². The summed E-state index contributed by atoms with van der Waals surface area (Å²) in [5, 5.41) is 3.51. The second kappa shape index (κ2) is 6.30. The zero-order valence-electron chi connectivity index (χ0n) is 10.8. The zero-order valence-corrected chi connectivity index (χ0v) is 13.2. The van der Waals surface area contributed by atoms with Crippen LogP contribution in [0.5, 0.6) is 0 Å². The van der Waals surface area contributed by atoms with Crippen LogP contribution in [0.4, 0.5) is 5.13 Å². The van der Waals surface area contributed by atoms with Crippen molar-refractivity contribution >= 4 is 38.3 Å². The van der Waals surface area contributed by atoms with E-state index < -0.39 is 0 Å². The molecule has 0 radical (unpaired) electrons. The molecule has 0 aliphatic heterocycles. The molecule has 2 aromatic rings. The second-order valence-electron chi connectivity index (χ2n) is 4.58. The molecule has 0 saturated heterocycles. The number of carbonyl (C=O) groups excluding carboxylic acids is 1. The minimum Gasteiger partial charge on any atom is -0.302 e. The largest absolute Gasteiger partial charge is 0.302 e. The van der Waals surface area contributed by atoms with Crippen LogP contribution in [0.3, 0.4) is 0 Å². The van der Waals surface area contributed by atoms with E-state index in [-0.39, 0.29) is 5.91 Å². The van der Waals surface area contributed by atoms with E-state index >= 15 is 0 Å². The third kappa shape index (κ3) is 4.14. The highest BCUT2D eigenvalue weighted by Gasteiger charge is 2.09. The van der Waals surface area contributed by atoms with Gasteiger partial charge in [-0.3, -0.25) is 4.79 Å². The predicted molar refractivity (Wildman–Crippen MR) is 82.7 cm³/mol. The maximum atomic E-state index is 11.9. The van der Waals surface area contributed by atoms with E-state index in [2.05, 4.69) is 40.1 Å². The van der Waals surface area contributed by atoms with E-state index in [1.54, 1.807) is 0 Å². The highest BCUT2D eigenvalue weighted by Crippen LogP contribution is 2.25. The molecule has 1 heterocycles. The molecule has 0 aliphatic rings. The first-order chi connectivity index (χ1) is 9.04. The Bertz CT molecular complexity index is 580. The number of nitrogens with one attached hydrogen (secondary N) is 1. The van der Waals surface area contributed by atoms with Gasteiger partial charge in [0.05, 0.1) is 6.42 Å². The number of rotatable bonds is 4. The van der Waals surface area contributed by atoms with Crippen LogP contribution >= 0.6 is 27.3 Å². The van der Waals surface area contributed by atoms with E-state index in [9.17, 15) is 4.79 Å². The van der Waals surface area contributed by atoms with Gasteiger partial charge >= 0.3 is 0 Å². The van der Waals surface area contributed by atoms with Gasteiger partial charge in [0.25, 0.3) is 0 Å². The number of benzene rings is 1. The van der Waals surface area contributed by atoms with Crippen LogP contribution in [-0.2, 0) is 11.2 Å². The average Bonchev–Trinajstić information content (AvgIpc) is 2.77. The quantitative estimate of drug-likeness (QED) is 0.907. The lowest BCUT2D eigenvalue weighted by Gasteiger charge is -2.02. The van der Waals surface area contributed by atoms with Crippen molar-refractivity contribution in [2.75, 3.05) is 5.32 Å². The summed E-state index contributed by atoms with van der Waals surface area (Å²) in [7, 11) is 0. The van der Waals surface area contributed by atoms with E-state index in [0.29, 0.717) is 17.5 Å². The first-order valence-corrected chi connectivity index (χ1v) is 7.65. The number of hydrogen-bond acceptors (Lipinski definition) is 3. The van der Waals surface area contributed by atoms with E-state index in [4.69, 9.17) is 0 Å². The normalized spacial score (nSPS) is 10.7. The number of amides is 1. The number of hydrogen-bond donors (Lipinski definition) is 1. The standard InChI is InChI=1S/C14H15BrN2OS/c1-9(2)12-8-16-14(19-12)17-13(18)7-10-4-3-5-11(15)6-10/h3-6,8-9H,7H2,1-2H3,(H,16,17,18). The first-order valence-electron chi connectivity index (χ1n) is 6.04. The molecule has 1 aromatic carbocycles. The number of halogens is 1. The Morgan fingerprint density at radius 3 is 2.89 bits per heavy atom. The maximum Gasteiger partial charge on any atom is 0.230 e. The number of nitrogens with zero attached hydrogens (tertiary/aromatic N) is 1. The molecule has 3 nitrogen and oxygen atoms in total. The second-order valence-corrected chi connectivity index (χ2v) is 6.56. The van der Waals surface area contributed by atoms with Crippen molar-refractivity contribution in [2.45, 2.75) is 26.2 Å². The van der Waals surface area contributed by atoms with Crippen LogP contribution in [0.1, 0.15) is 30.2 Å². The van der Waals surface area contributed by atoms with Crippen LogP contribution in [0.25, 0.3) is 0 Å². The number of carbonyl (C=O) groups is 1. The third-order valence-corrected chi connectivity index (χ3v) is 4.30. The number of anilines is 1. The topological polar surface area (TPSA) is 42.0 Å². The Morgan fingerprint density at radius 2 is 2.26 bits per heavy atom. The van der Waals surface area contributed by atoms with Crippen LogP contribution in [-0.4, -0.2) is 10.9 Å². The lowest BCUT2D eigenvalue weighted by molar-refractivity contribution is -0.115. The van der Waals surface area contributed by atoms with Gasteiger partial charge in [-0.2, -0.15) is 0 Å². The van der Waals surface area contributed by atoms with Crippen molar-refractivity contribution < 1.29 is 4.79 Å². The van der Waals surface area contributed by atoms with Crippen LogP contribution in [0.2, 0.25) is 0 Å². The van der Waals surface area contributed by atoms with E-state index in [1.807, 2.05) is 30.5 Å².